The van der Waals surface area contributed by atoms with Gasteiger partial charge in [-0.1, -0.05) is 17.7 Å². The molecule has 0 bridgehead atoms. The molecule has 0 saturated carbocycles. The van der Waals surface area contributed by atoms with E-state index in [0.717, 1.165) is 32.8 Å². The van der Waals surface area contributed by atoms with Crippen LogP contribution in [0.5, 0.6) is 0 Å². The van der Waals surface area contributed by atoms with Crippen molar-refractivity contribution < 1.29 is 9.53 Å². The van der Waals surface area contributed by atoms with E-state index < -0.39 is 0 Å². The summed E-state index contributed by atoms with van der Waals surface area (Å²) in [5.74, 6) is -0.189. The maximum Gasteiger partial charge on any atom is 0.253 e. The molecule has 1 fully saturated rings. The van der Waals surface area contributed by atoms with Crippen molar-refractivity contribution in [2.45, 2.75) is 13.0 Å². The Morgan fingerprint density at radius 1 is 1.50 bits per heavy atom. The van der Waals surface area contributed by atoms with Crippen LogP contribution in [0.2, 0.25) is 5.02 Å². The second kappa shape index (κ2) is 6.92. The van der Waals surface area contributed by atoms with Gasteiger partial charge in [-0.25, -0.2) is 0 Å². The van der Waals surface area contributed by atoms with Gasteiger partial charge in [0.1, 0.15) is 0 Å². The average Bonchev–Trinajstić information content (AvgIpc) is 2.42. The van der Waals surface area contributed by atoms with E-state index in [0.29, 0.717) is 16.3 Å². The minimum Gasteiger partial charge on any atom is -0.397 e. The molecule has 2 rings (SSSR count). The van der Waals surface area contributed by atoms with Crippen molar-refractivity contribution in [1.29, 1.82) is 0 Å². The molecule has 6 heteroatoms. The molecule has 1 aromatic carbocycles. The Hall–Kier alpha value is -1.30. The summed E-state index contributed by atoms with van der Waals surface area (Å²) in [6, 6.07) is 5.11. The van der Waals surface area contributed by atoms with E-state index >= 15 is 0 Å². The first-order chi connectivity index (χ1) is 9.58. The summed E-state index contributed by atoms with van der Waals surface area (Å²) in [5.41, 5.74) is 6.57. The number of amides is 1. The maximum atomic E-state index is 12.2. The summed E-state index contributed by atoms with van der Waals surface area (Å²) in [6.45, 7) is 6.09. The van der Waals surface area contributed by atoms with Crippen LogP contribution in [0.4, 0.5) is 5.69 Å². The quantitative estimate of drug-likeness (QED) is 0.824. The topological polar surface area (TPSA) is 67.6 Å². The van der Waals surface area contributed by atoms with Gasteiger partial charge in [-0.3, -0.25) is 9.69 Å². The first-order valence-corrected chi connectivity index (χ1v) is 7.10. The van der Waals surface area contributed by atoms with Gasteiger partial charge in [-0.2, -0.15) is 0 Å². The van der Waals surface area contributed by atoms with Crippen molar-refractivity contribution in [3.63, 3.8) is 0 Å². The van der Waals surface area contributed by atoms with E-state index in [-0.39, 0.29) is 11.9 Å². The highest BCUT2D eigenvalue weighted by molar-refractivity contribution is 6.33. The Labute approximate surface area is 124 Å². The first kappa shape index (κ1) is 15.1. The van der Waals surface area contributed by atoms with Crippen LogP contribution in [0.25, 0.3) is 0 Å². The van der Waals surface area contributed by atoms with Crippen LogP contribution in [-0.2, 0) is 4.74 Å². The van der Waals surface area contributed by atoms with Crippen LogP contribution in [0.15, 0.2) is 18.2 Å². The highest BCUT2D eigenvalue weighted by atomic mass is 35.5. The van der Waals surface area contributed by atoms with Crippen LogP contribution >= 0.6 is 11.6 Å². The number of morpholine rings is 1. The number of hydrogen-bond donors (Lipinski definition) is 2. The largest absolute Gasteiger partial charge is 0.397 e. The van der Waals surface area contributed by atoms with Gasteiger partial charge in [0.25, 0.3) is 5.91 Å². The fourth-order valence-electron chi connectivity index (χ4n) is 2.25. The van der Waals surface area contributed by atoms with Crippen molar-refractivity contribution in [3.8, 4) is 0 Å². The zero-order valence-electron chi connectivity index (χ0n) is 11.6. The first-order valence-electron chi connectivity index (χ1n) is 6.73. The minimum atomic E-state index is -0.189. The standard InChI is InChI=1S/C14H20ClN3O2/c1-10(9-18-5-7-20-8-6-18)17-14(19)11-3-2-4-12(15)13(11)16/h2-4,10H,5-9,16H2,1H3,(H,17,19). The average molecular weight is 298 g/mol. The van der Waals surface area contributed by atoms with Gasteiger partial charge in [0.05, 0.1) is 29.5 Å². The molecular formula is C14H20ClN3O2. The molecule has 110 valence electrons. The number of nitrogen functional groups attached to an aromatic ring is 1. The minimum absolute atomic E-state index is 0.0407. The smallest absolute Gasteiger partial charge is 0.253 e. The van der Waals surface area contributed by atoms with Gasteiger partial charge in [-0.15, -0.1) is 0 Å². The summed E-state index contributed by atoms with van der Waals surface area (Å²) in [7, 11) is 0. The van der Waals surface area contributed by atoms with E-state index in [9.17, 15) is 4.79 Å². The number of halogens is 1. The Kier molecular flexibility index (Phi) is 5.23. The third-order valence-electron chi connectivity index (χ3n) is 3.31. The Morgan fingerprint density at radius 3 is 2.90 bits per heavy atom. The number of carbonyl (C=O) groups excluding carboxylic acids is 1. The molecule has 1 aliphatic heterocycles. The molecule has 3 N–H and O–H groups in total. The molecule has 1 amide bonds. The van der Waals surface area contributed by atoms with Gasteiger partial charge >= 0.3 is 0 Å². The third kappa shape index (κ3) is 3.85. The monoisotopic (exact) mass is 297 g/mol. The maximum absolute atomic E-state index is 12.2. The van der Waals surface area contributed by atoms with E-state index in [1.807, 2.05) is 6.92 Å². The van der Waals surface area contributed by atoms with Crippen molar-refractivity contribution in [2.75, 3.05) is 38.6 Å². The van der Waals surface area contributed by atoms with Crippen LogP contribution in [0.3, 0.4) is 0 Å². The number of nitrogens with two attached hydrogens (primary N) is 1. The molecular weight excluding hydrogens is 278 g/mol. The second-order valence-corrected chi connectivity index (χ2v) is 5.40. The van der Waals surface area contributed by atoms with Crippen LogP contribution < -0.4 is 11.1 Å². The lowest BCUT2D eigenvalue weighted by Crippen LogP contribution is -2.46. The number of hydrogen-bond acceptors (Lipinski definition) is 4. The molecule has 0 spiro atoms. The van der Waals surface area contributed by atoms with Crippen molar-refractivity contribution >= 4 is 23.2 Å². The lowest BCUT2D eigenvalue weighted by atomic mass is 10.1. The normalized spacial score (nSPS) is 17.7. The molecule has 0 aliphatic carbocycles. The fourth-order valence-corrected chi connectivity index (χ4v) is 2.43. The predicted molar refractivity (Wildman–Crippen MR) is 80.1 cm³/mol. The van der Waals surface area contributed by atoms with Crippen molar-refractivity contribution in [2.24, 2.45) is 0 Å². The number of benzene rings is 1. The lowest BCUT2D eigenvalue weighted by molar-refractivity contribution is 0.0342. The van der Waals surface area contributed by atoms with E-state index in [1.165, 1.54) is 0 Å². The zero-order valence-corrected chi connectivity index (χ0v) is 12.3. The Balaban J connectivity index is 1.91. The third-order valence-corrected chi connectivity index (χ3v) is 3.64. The number of anilines is 1. The van der Waals surface area contributed by atoms with E-state index in [4.69, 9.17) is 22.1 Å². The molecule has 1 saturated heterocycles. The van der Waals surface area contributed by atoms with Gasteiger partial charge in [-0.05, 0) is 19.1 Å². The van der Waals surface area contributed by atoms with Crippen molar-refractivity contribution in [3.05, 3.63) is 28.8 Å². The molecule has 1 aromatic rings. The summed E-state index contributed by atoms with van der Waals surface area (Å²) in [6.07, 6.45) is 0. The number of para-hydroxylation sites is 1. The number of nitrogens with one attached hydrogen (secondary N) is 1. The van der Waals surface area contributed by atoms with Gasteiger partial charge in [0.2, 0.25) is 0 Å². The molecule has 0 radical (unpaired) electrons. The highest BCUT2D eigenvalue weighted by Crippen LogP contribution is 2.22. The predicted octanol–water partition coefficient (Wildman–Crippen LogP) is 1.37. The SMILES string of the molecule is CC(CN1CCOCC1)NC(=O)c1cccc(Cl)c1N. The molecule has 0 aromatic heterocycles. The van der Waals surface area contributed by atoms with Crippen LogP contribution in [-0.4, -0.2) is 49.7 Å². The van der Waals surface area contributed by atoms with E-state index in [2.05, 4.69) is 10.2 Å². The number of carbonyl (C=O) groups is 1. The fraction of sp³-hybridized carbons (Fsp3) is 0.500. The van der Waals surface area contributed by atoms with E-state index in [1.54, 1.807) is 18.2 Å². The van der Waals surface area contributed by atoms with Crippen LogP contribution in [0.1, 0.15) is 17.3 Å². The summed E-state index contributed by atoms with van der Waals surface area (Å²) in [4.78, 5) is 14.5. The summed E-state index contributed by atoms with van der Waals surface area (Å²) < 4.78 is 5.30. The molecule has 1 atom stereocenters. The van der Waals surface area contributed by atoms with Gasteiger partial charge < -0.3 is 15.8 Å². The Morgan fingerprint density at radius 2 is 2.20 bits per heavy atom. The summed E-state index contributed by atoms with van der Waals surface area (Å²) >= 11 is 5.92. The second-order valence-electron chi connectivity index (χ2n) is 4.99. The highest BCUT2D eigenvalue weighted by Gasteiger charge is 2.17. The molecule has 1 heterocycles. The number of rotatable bonds is 4. The zero-order chi connectivity index (χ0) is 14.5. The van der Waals surface area contributed by atoms with Gasteiger partial charge in [0, 0.05) is 25.7 Å². The lowest BCUT2D eigenvalue weighted by Gasteiger charge is -2.29. The molecule has 5 nitrogen and oxygen atoms in total. The molecule has 20 heavy (non-hydrogen) atoms. The van der Waals surface area contributed by atoms with Crippen molar-refractivity contribution in [1.82, 2.24) is 10.2 Å². The van der Waals surface area contributed by atoms with Crippen LogP contribution in [0, 0.1) is 0 Å². The number of nitrogens with zero attached hydrogens (tertiary/aromatic N) is 1. The molecule has 1 aliphatic rings. The van der Waals surface area contributed by atoms with Gasteiger partial charge in [0.15, 0.2) is 0 Å². The molecule has 1 unspecified atom stereocenters. The number of ether oxygens (including phenoxy) is 1. The summed E-state index contributed by atoms with van der Waals surface area (Å²) in [5, 5.41) is 3.35. The Bertz CT molecular complexity index is 475.